The van der Waals surface area contributed by atoms with Crippen molar-refractivity contribution in [2.45, 2.75) is 19.3 Å². The summed E-state index contributed by atoms with van der Waals surface area (Å²) in [5.41, 5.74) is 4.78. The zero-order valence-electron chi connectivity index (χ0n) is 21.2. The highest BCUT2D eigenvalue weighted by Gasteiger charge is 2.35. The van der Waals surface area contributed by atoms with Crippen LogP contribution in [-0.4, -0.2) is 40.0 Å². The van der Waals surface area contributed by atoms with Crippen molar-refractivity contribution in [1.29, 1.82) is 0 Å². The van der Waals surface area contributed by atoms with Gasteiger partial charge in [-0.05, 0) is 41.6 Å². The van der Waals surface area contributed by atoms with Crippen LogP contribution >= 0.6 is 11.6 Å². The smallest absolute Gasteiger partial charge is 0.274 e. The van der Waals surface area contributed by atoms with Crippen molar-refractivity contribution in [2.75, 3.05) is 17.3 Å². The number of rotatable bonds is 6. The number of aromatic amines is 1. The Morgan fingerprint density at radius 2 is 1.67 bits per heavy atom. The van der Waals surface area contributed by atoms with E-state index in [2.05, 4.69) is 4.98 Å². The number of H-pyrrole nitrogens is 1. The van der Waals surface area contributed by atoms with Crippen LogP contribution in [0.3, 0.4) is 0 Å². The third-order valence-electron chi connectivity index (χ3n) is 7.47. The van der Waals surface area contributed by atoms with Crippen LogP contribution in [0.1, 0.15) is 55.2 Å². The maximum absolute atomic E-state index is 13.7. The lowest BCUT2D eigenvalue weighted by atomic mass is 9.95. The number of benzene rings is 4. The molecular formula is C32H25ClN2O4. The predicted octanol–water partition coefficient (Wildman–Crippen LogP) is 6.64. The van der Waals surface area contributed by atoms with E-state index in [0.29, 0.717) is 34.9 Å². The van der Waals surface area contributed by atoms with Crippen LogP contribution in [0.4, 0.5) is 5.69 Å². The number of phenolic OH excluding ortho intramolecular Hbond substituents is 1. The number of hydrogen-bond donors (Lipinski definition) is 2. The quantitative estimate of drug-likeness (QED) is 0.188. The molecule has 6 nitrogen and oxygen atoms in total. The third kappa shape index (κ3) is 4.37. The molecule has 1 amide bonds. The molecule has 0 aliphatic carbocycles. The van der Waals surface area contributed by atoms with Gasteiger partial charge in [0.2, 0.25) is 0 Å². The summed E-state index contributed by atoms with van der Waals surface area (Å²) in [7, 11) is 0. The minimum absolute atomic E-state index is 0.0435. The molecule has 2 heterocycles. The number of carbonyl (C=O) groups excluding carboxylic acids is 3. The molecule has 2 N–H and O–H groups in total. The number of nitrogens with zero attached hydrogens (tertiary/aromatic N) is 1. The van der Waals surface area contributed by atoms with Gasteiger partial charge in [0, 0.05) is 58.2 Å². The number of carbonyl (C=O) groups is 3. The average Bonchev–Trinajstić information content (AvgIpc) is 3.54. The summed E-state index contributed by atoms with van der Waals surface area (Å²) in [4.78, 5) is 42.9. The molecule has 1 aliphatic rings. The molecule has 5 aromatic rings. The molecule has 39 heavy (non-hydrogen) atoms. The molecule has 1 aromatic heterocycles. The molecule has 0 unspecified atom stereocenters. The Balaban J connectivity index is 1.28. The van der Waals surface area contributed by atoms with Crippen LogP contribution in [0.25, 0.3) is 21.7 Å². The van der Waals surface area contributed by atoms with E-state index in [1.54, 1.807) is 41.3 Å². The molecule has 4 aromatic carbocycles. The van der Waals surface area contributed by atoms with Crippen LogP contribution in [0.5, 0.6) is 5.75 Å². The predicted molar refractivity (Wildman–Crippen MR) is 154 cm³/mol. The van der Waals surface area contributed by atoms with Crippen LogP contribution in [-0.2, 0) is 6.42 Å². The Morgan fingerprint density at radius 3 is 2.38 bits per heavy atom. The summed E-state index contributed by atoms with van der Waals surface area (Å²) < 4.78 is 0. The number of halogens is 1. The zero-order chi connectivity index (χ0) is 27.3. The SMILES string of the molecule is CC(=O)c1ccc(C(=O)Cc2ccc3[nH]c(C(=O)N4C[C@@H](CCl)c5c4cc(O)c4ccccc54)cc3c2)cc1. The highest BCUT2D eigenvalue weighted by Crippen LogP contribution is 2.45. The van der Waals surface area contributed by atoms with E-state index < -0.39 is 0 Å². The van der Waals surface area contributed by atoms with Crippen molar-refractivity contribution in [3.05, 3.63) is 107 Å². The van der Waals surface area contributed by atoms with Crippen molar-refractivity contribution in [3.63, 3.8) is 0 Å². The molecule has 0 saturated heterocycles. The third-order valence-corrected chi connectivity index (χ3v) is 7.84. The molecule has 0 bridgehead atoms. The van der Waals surface area contributed by atoms with Crippen molar-refractivity contribution in [3.8, 4) is 5.75 Å². The number of anilines is 1. The monoisotopic (exact) mass is 536 g/mol. The number of nitrogens with one attached hydrogen (secondary N) is 1. The van der Waals surface area contributed by atoms with Gasteiger partial charge in [-0.1, -0.05) is 54.6 Å². The first-order valence-corrected chi connectivity index (χ1v) is 13.3. The fourth-order valence-electron chi connectivity index (χ4n) is 5.48. The number of hydrogen-bond acceptors (Lipinski definition) is 4. The van der Waals surface area contributed by atoms with Gasteiger partial charge in [-0.2, -0.15) is 0 Å². The molecule has 0 radical (unpaired) electrons. The van der Waals surface area contributed by atoms with E-state index in [-0.39, 0.29) is 35.6 Å². The second-order valence-corrected chi connectivity index (χ2v) is 10.3. The minimum atomic E-state index is -0.210. The summed E-state index contributed by atoms with van der Waals surface area (Å²) in [6, 6.07) is 23.4. The van der Waals surface area contributed by atoms with Crippen molar-refractivity contribution < 1.29 is 19.5 Å². The molecule has 7 heteroatoms. The van der Waals surface area contributed by atoms with Crippen molar-refractivity contribution in [2.24, 2.45) is 0 Å². The van der Waals surface area contributed by atoms with Gasteiger partial charge in [0.1, 0.15) is 11.4 Å². The Bertz CT molecular complexity index is 1790. The highest BCUT2D eigenvalue weighted by atomic mass is 35.5. The van der Waals surface area contributed by atoms with Crippen LogP contribution in [0, 0.1) is 0 Å². The first-order valence-electron chi connectivity index (χ1n) is 12.7. The van der Waals surface area contributed by atoms with Gasteiger partial charge in [-0.15, -0.1) is 11.6 Å². The number of aromatic hydroxyl groups is 1. The minimum Gasteiger partial charge on any atom is -0.507 e. The second kappa shape index (κ2) is 9.71. The summed E-state index contributed by atoms with van der Waals surface area (Å²) in [6.07, 6.45) is 0.201. The standard InChI is InChI=1S/C32H25ClN2O4/c1-18(36)20-7-9-21(10-8-20)29(37)13-19-6-11-26-22(12-19)14-27(34-26)32(39)35-17-23(16-33)31-25-5-3-2-4-24(25)30(38)15-28(31)35/h2-12,14-15,23,34,38H,13,16-17H2,1H3/t23-/m1/s1. The number of Topliss-reactive ketones (excluding diaryl/α,β-unsaturated/α-hetero) is 2. The summed E-state index contributed by atoms with van der Waals surface area (Å²) in [5.74, 6) is 0.120. The number of ketones is 2. The summed E-state index contributed by atoms with van der Waals surface area (Å²) >= 11 is 6.33. The molecule has 6 rings (SSSR count). The molecule has 194 valence electrons. The fourth-order valence-corrected chi connectivity index (χ4v) is 5.73. The Labute approximate surface area is 229 Å². The van der Waals surface area contributed by atoms with E-state index in [1.165, 1.54) is 6.92 Å². The second-order valence-electron chi connectivity index (χ2n) is 9.98. The van der Waals surface area contributed by atoms with E-state index in [0.717, 1.165) is 32.8 Å². The Kier molecular flexibility index (Phi) is 6.20. The Morgan fingerprint density at radius 1 is 0.949 bits per heavy atom. The highest BCUT2D eigenvalue weighted by molar-refractivity contribution is 6.19. The number of amides is 1. The lowest BCUT2D eigenvalue weighted by molar-refractivity contribution is 0.0979. The normalized spacial score (nSPS) is 14.6. The van der Waals surface area contributed by atoms with Gasteiger partial charge in [-0.25, -0.2) is 0 Å². The number of alkyl halides is 1. The first-order chi connectivity index (χ1) is 18.8. The Hall–Kier alpha value is -4.42. The number of aromatic nitrogens is 1. The van der Waals surface area contributed by atoms with Gasteiger partial charge < -0.3 is 15.0 Å². The average molecular weight is 537 g/mol. The van der Waals surface area contributed by atoms with E-state index in [9.17, 15) is 19.5 Å². The molecule has 1 atom stereocenters. The summed E-state index contributed by atoms with van der Waals surface area (Å²) in [5, 5.41) is 13.1. The summed E-state index contributed by atoms with van der Waals surface area (Å²) in [6.45, 7) is 1.91. The first kappa shape index (κ1) is 24.9. The largest absolute Gasteiger partial charge is 0.507 e. The van der Waals surface area contributed by atoms with E-state index in [1.807, 2.05) is 42.5 Å². The van der Waals surface area contributed by atoms with Gasteiger partial charge in [0.25, 0.3) is 5.91 Å². The van der Waals surface area contributed by atoms with Crippen molar-refractivity contribution in [1.82, 2.24) is 4.98 Å². The number of fused-ring (bicyclic) bond motifs is 4. The van der Waals surface area contributed by atoms with Crippen molar-refractivity contribution >= 4 is 56.4 Å². The van der Waals surface area contributed by atoms with Crippen LogP contribution in [0.15, 0.2) is 78.9 Å². The molecular weight excluding hydrogens is 512 g/mol. The van der Waals surface area contributed by atoms with Gasteiger partial charge in [0.15, 0.2) is 11.6 Å². The number of phenols is 1. The molecule has 0 spiro atoms. The van der Waals surface area contributed by atoms with Gasteiger partial charge in [0.05, 0.1) is 5.69 Å². The molecule has 0 saturated carbocycles. The topological polar surface area (TPSA) is 90.5 Å². The van der Waals surface area contributed by atoms with Crippen LogP contribution in [0.2, 0.25) is 0 Å². The molecule has 0 fully saturated rings. The maximum atomic E-state index is 13.7. The maximum Gasteiger partial charge on any atom is 0.274 e. The van der Waals surface area contributed by atoms with E-state index >= 15 is 0 Å². The van der Waals surface area contributed by atoms with Gasteiger partial charge >= 0.3 is 0 Å². The van der Waals surface area contributed by atoms with Gasteiger partial charge in [-0.3, -0.25) is 14.4 Å². The molecule has 1 aliphatic heterocycles. The zero-order valence-corrected chi connectivity index (χ0v) is 22.0. The lowest BCUT2D eigenvalue weighted by Gasteiger charge is -2.17. The van der Waals surface area contributed by atoms with E-state index in [4.69, 9.17) is 11.6 Å². The fraction of sp³-hybridized carbons (Fsp3) is 0.156. The lowest BCUT2D eigenvalue weighted by Crippen LogP contribution is -2.30. The van der Waals surface area contributed by atoms with Crippen LogP contribution < -0.4 is 4.90 Å².